The molecule has 0 saturated carbocycles. The van der Waals surface area contributed by atoms with Crippen LogP contribution in [0, 0.1) is 13.0 Å². The van der Waals surface area contributed by atoms with E-state index in [4.69, 9.17) is 9.47 Å². The highest BCUT2D eigenvalue weighted by Gasteiger charge is 2.12. The molecule has 32 heavy (non-hydrogen) atoms. The molecule has 0 aromatic heterocycles. The van der Waals surface area contributed by atoms with Crippen molar-refractivity contribution < 1.29 is 18.7 Å². The molecule has 0 atom stereocenters. The SMILES string of the molecule is CCOc1cc(/C=N/NC(=O)Cc2ccc(F)cc2)cc(I)c1OCc1ccc(I)cc1. The Hall–Kier alpha value is -2.21. The molecule has 3 aromatic rings. The molecule has 0 aliphatic rings. The summed E-state index contributed by atoms with van der Waals surface area (Å²) >= 11 is 4.46. The van der Waals surface area contributed by atoms with Crippen LogP contribution in [-0.4, -0.2) is 18.7 Å². The average Bonchev–Trinajstić information content (AvgIpc) is 2.76. The standard InChI is InChI=1S/C24H21FI2N2O3/c1-2-31-22-12-18(14-28-29-23(30)13-16-3-7-19(25)8-4-16)11-21(27)24(22)32-15-17-5-9-20(26)10-6-17/h3-12,14H,2,13,15H2,1H3,(H,29,30)/b28-14+. The van der Waals surface area contributed by atoms with Crippen molar-refractivity contribution in [2.24, 2.45) is 5.10 Å². The molecule has 0 radical (unpaired) electrons. The molecule has 0 unspecified atom stereocenters. The first-order chi connectivity index (χ1) is 15.4. The molecule has 1 amide bonds. The molecule has 0 aliphatic carbocycles. The highest BCUT2D eigenvalue weighted by Crippen LogP contribution is 2.34. The van der Waals surface area contributed by atoms with Crippen molar-refractivity contribution in [2.45, 2.75) is 20.0 Å². The number of nitrogens with zero attached hydrogens (tertiary/aromatic N) is 1. The minimum atomic E-state index is -0.335. The lowest BCUT2D eigenvalue weighted by atomic mass is 10.1. The van der Waals surface area contributed by atoms with Crippen molar-refractivity contribution in [3.63, 3.8) is 0 Å². The molecule has 0 saturated heterocycles. The average molecular weight is 658 g/mol. The lowest BCUT2D eigenvalue weighted by molar-refractivity contribution is -0.120. The predicted molar refractivity (Wildman–Crippen MR) is 140 cm³/mol. The largest absolute Gasteiger partial charge is 0.490 e. The third kappa shape index (κ3) is 7.44. The van der Waals surface area contributed by atoms with Gasteiger partial charge in [-0.2, -0.15) is 5.10 Å². The summed E-state index contributed by atoms with van der Waals surface area (Å²) in [4.78, 5) is 12.1. The van der Waals surface area contributed by atoms with Gasteiger partial charge in [0.2, 0.25) is 5.91 Å². The second kappa shape index (κ2) is 12.1. The van der Waals surface area contributed by atoms with Crippen LogP contribution < -0.4 is 14.9 Å². The van der Waals surface area contributed by atoms with Gasteiger partial charge in [-0.05, 0) is 105 Å². The summed E-state index contributed by atoms with van der Waals surface area (Å²) in [5.74, 6) is 0.662. The number of nitrogens with one attached hydrogen (secondary N) is 1. The van der Waals surface area contributed by atoms with Crippen molar-refractivity contribution in [3.8, 4) is 11.5 Å². The molecule has 5 nitrogen and oxygen atoms in total. The lowest BCUT2D eigenvalue weighted by Gasteiger charge is -2.15. The van der Waals surface area contributed by atoms with E-state index in [1.54, 1.807) is 18.3 Å². The molecular weight excluding hydrogens is 637 g/mol. The van der Waals surface area contributed by atoms with Gasteiger partial charge in [0, 0.05) is 3.57 Å². The summed E-state index contributed by atoms with van der Waals surface area (Å²) in [6, 6.07) is 17.7. The number of hydrogen-bond donors (Lipinski definition) is 1. The first kappa shape index (κ1) is 24.4. The first-order valence-electron chi connectivity index (χ1n) is 9.84. The van der Waals surface area contributed by atoms with Crippen LogP contribution in [0.4, 0.5) is 4.39 Å². The third-order valence-electron chi connectivity index (χ3n) is 4.31. The van der Waals surface area contributed by atoms with E-state index in [2.05, 4.69) is 55.7 Å². The Bertz CT molecular complexity index is 1090. The maximum absolute atomic E-state index is 13.0. The van der Waals surface area contributed by atoms with Crippen LogP contribution in [0.15, 0.2) is 65.8 Å². The highest BCUT2D eigenvalue weighted by atomic mass is 127. The zero-order valence-corrected chi connectivity index (χ0v) is 21.6. The molecule has 8 heteroatoms. The fourth-order valence-corrected chi connectivity index (χ4v) is 3.95. The summed E-state index contributed by atoms with van der Waals surface area (Å²) in [6.45, 7) is 2.83. The number of benzene rings is 3. The highest BCUT2D eigenvalue weighted by molar-refractivity contribution is 14.1. The van der Waals surface area contributed by atoms with Gasteiger partial charge in [0.1, 0.15) is 12.4 Å². The molecule has 0 aliphatic heterocycles. The molecule has 0 heterocycles. The van der Waals surface area contributed by atoms with Gasteiger partial charge in [0.15, 0.2) is 11.5 Å². The van der Waals surface area contributed by atoms with Gasteiger partial charge in [-0.3, -0.25) is 4.79 Å². The van der Waals surface area contributed by atoms with Crippen LogP contribution >= 0.6 is 45.2 Å². The van der Waals surface area contributed by atoms with Crippen molar-refractivity contribution in [3.05, 3.63) is 90.3 Å². The summed E-state index contributed by atoms with van der Waals surface area (Å²) in [6.07, 6.45) is 1.67. The molecule has 3 rings (SSSR count). The van der Waals surface area contributed by atoms with Gasteiger partial charge in [-0.15, -0.1) is 0 Å². The number of carbonyl (C=O) groups excluding carboxylic acids is 1. The number of amides is 1. The van der Waals surface area contributed by atoms with E-state index in [1.165, 1.54) is 15.7 Å². The number of rotatable bonds is 9. The third-order valence-corrected chi connectivity index (χ3v) is 5.83. The second-order valence-corrected chi connectivity index (χ2v) is 9.18. The molecule has 0 spiro atoms. The van der Waals surface area contributed by atoms with Crippen LogP contribution in [-0.2, 0) is 17.8 Å². The Morgan fingerprint density at radius 1 is 1.03 bits per heavy atom. The fraction of sp³-hybridized carbons (Fsp3) is 0.167. The molecule has 1 N–H and O–H groups in total. The number of hydrazone groups is 1. The molecule has 0 fully saturated rings. The molecular formula is C24H21FI2N2O3. The monoisotopic (exact) mass is 658 g/mol. The molecule has 166 valence electrons. The Morgan fingerprint density at radius 2 is 1.72 bits per heavy atom. The topological polar surface area (TPSA) is 59.9 Å². The Kier molecular flexibility index (Phi) is 9.27. The summed E-state index contributed by atoms with van der Waals surface area (Å²) in [5.41, 5.74) is 5.04. The number of hydrogen-bond acceptors (Lipinski definition) is 4. The van der Waals surface area contributed by atoms with Gasteiger partial charge in [0.25, 0.3) is 0 Å². The smallest absolute Gasteiger partial charge is 0.244 e. The number of ether oxygens (including phenoxy) is 2. The van der Waals surface area contributed by atoms with Gasteiger partial charge < -0.3 is 9.47 Å². The van der Waals surface area contributed by atoms with Crippen molar-refractivity contribution in [1.29, 1.82) is 0 Å². The maximum atomic E-state index is 13.0. The van der Waals surface area contributed by atoms with E-state index in [9.17, 15) is 9.18 Å². The lowest BCUT2D eigenvalue weighted by Crippen LogP contribution is -2.19. The van der Waals surface area contributed by atoms with Crippen LogP contribution in [0.2, 0.25) is 0 Å². The van der Waals surface area contributed by atoms with E-state index >= 15 is 0 Å². The molecule has 3 aromatic carbocycles. The van der Waals surface area contributed by atoms with E-state index in [1.807, 2.05) is 43.3 Å². The minimum Gasteiger partial charge on any atom is -0.490 e. The minimum absolute atomic E-state index is 0.116. The maximum Gasteiger partial charge on any atom is 0.244 e. The summed E-state index contributed by atoms with van der Waals surface area (Å²) in [5, 5.41) is 4.03. The zero-order valence-electron chi connectivity index (χ0n) is 17.3. The summed E-state index contributed by atoms with van der Waals surface area (Å²) < 4.78 is 26.8. The Morgan fingerprint density at radius 3 is 2.41 bits per heavy atom. The van der Waals surface area contributed by atoms with Crippen molar-refractivity contribution in [2.75, 3.05) is 6.61 Å². The van der Waals surface area contributed by atoms with E-state index in [0.29, 0.717) is 30.3 Å². The number of carbonyl (C=O) groups is 1. The van der Waals surface area contributed by atoms with Gasteiger partial charge >= 0.3 is 0 Å². The first-order valence-corrected chi connectivity index (χ1v) is 12.0. The van der Waals surface area contributed by atoms with E-state index < -0.39 is 0 Å². The van der Waals surface area contributed by atoms with Gasteiger partial charge in [-0.1, -0.05) is 24.3 Å². The van der Waals surface area contributed by atoms with Crippen molar-refractivity contribution >= 4 is 57.3 Å². The zero-order chi connectivity index (χ0) is 22.9. The fourth-order valence-electron chi connectivity index (χ4n) is 2.81. The van der Waals surface area contributed by atoms with E-state index in [-0.39, 0.29) is 18.1 Å². The van der Waals surface area contributed by atoms with Crippen LogP contribution in [0.1, 0.15) is 23.6 Å². The Labute approximate surface area is 213 Å². The second-order valence-electron chi connectivity index (χ2n) is 6.77. The van der Waals surface area contributed by atoms with Crippen molar-refractivity contribution in [1.82, 2.24) is 5.43 Å². The normalized spacial score (nSPS) is 10.9. The van der Waals surface area contributed by atoms with E-state index in [0.717, 1.165) is 14.7 Å². The quantitative estimate of drug-likeness (QED) is 0.182. The predicted octanol–water partition coefficient (Wildman–Crippen LogP) is 5.71. The Balaban J connectivity index is 1.65. The van der Waals surface area contributed by atoms with Crippen LogP contribution in [0.25, 0.3) is 0 Å². The van der Waals surface area contributed by atoms with Crippen LogP contribution in [0.3, 0.4) is 0 Å². The van der Waals surface area contributed by atoms with Gasteiger partial charge in [0.05, 0.1) is 22.8 Å². The van der Waals surface area contributed by atoms with Gasteiger partial charge in [-0.25, -0.2) is 9.82 Å². The number of halogens is 3. The van der Waals surface area contributed by atoms with Crippen LogP contribution in [0.5, 0.6) is 11.5 Å². The summed E-state index contributed by atoms with van der Waals surface area (Å²) in [7, 11) is 0. The molecule has 0 bridgehead atoms.